The molecule has 0 saturated heterocycles. The van der Waals surface area contributed by atoms with Gasteiger partial charge in [0, 0.05) is 0 Å². The molecule has 17 heavy (non-hydrogen) atoms. The molecule has 100 valence electrons. The van der Waals surface area contributed by atoms with Crippen LogP contribution in [0.2, 0.25) is 0 Å². The van der Waals surface area contributed by atoms with Crippen LogP contribution in [-0.2, 0) is 0 Å². The molecule has 0 nitrogen and oxygen atoms in total. The average molecular weight is 236 g/mol. The van der Waals surface area contributed by atoms with Gasteiger partial charge >= 0.3 is 0 Å². The van der Waals surface area contributed by atoms with Gasteiger partial charge in [-0.25, -0.2) is 0 Å². The van der Waals surface area contributed by atoms with Gasteiger partial charge in [-0.05, 0) is 49.5 Å². The van der Waals surface area contributed by atoms with Crippen molar-refractivity contribution in [1.82, 2.24) is 0 Å². The van der Waals surface area contributed by atoms with Gasteiger partial charge in [0.25, 0.3) is 0 Å². The smallest absolute Gasteiger partial charge is 0.0194 e. The van der Waals surface area contributed by atoms with Crippen LogP contribution in [0.3, 0.4) is 0 Å². The fourth-order valence-electron chi connectivity index (χ4n) is 1.88. The van der Waals surface area contributed by atoms with Crippen molar-refractivity contribution in [2.45, 2.75) is 67.7 Å². The van der Waals surface area contributed by atoms with E-state index < -0.39 is 0 Å². The Bertz CT molecular complexity index is 253. The summed E-state index contributed by atoms with van der Waals surface area (Å²) in [6.45, 7) is 16.1. The van der Waals surface area contributed by atoms with Gasteiger partial charge in [-0.3, -0.25) is 0 Å². The highest BCUT2D eigenvalue weighted by Crippen LogP contribution is 2.24. The van der Waals surface area contributed by atoms with Gasteiger partial charge in [0.15, 0.2) is 0 Å². The first-order valence-electron chi connectivity index (χ1n) is 7.27. The summed E-state index contributed by atoms with van der Waals surface area (Å²) in [7, 11) is 0. The zero-order valence-corrected chi connectivity index (χ0v) is 13.0. The minimum atomic E-state index is 0.661. The van der Waals surface area contributed by atoms with Crippen LogP contribution < -0.4 is 0 Å². The standard InChI is InChI=1S/C17H32/c1-8-15(6)17(16(7)14(4)5)12-10-9-11-13(2)3/h10,12-15H,8-9,11H2,1-7H3/b12-10-,17-16-. The number of allylic oxidation sites excluding steroid dienone is 4. The van der Waals surface area contributed by atoms with E-state index in [0.29, 0.717) is 11.8 Å². The summed E-state index contributed by atoms with van der Waals surface area (Å²) < 4.78 is 0. The molecule has 0 radical (unpaired) electrons. The van der Waals surface area contributed by atoms with Crippen molar-refractivity contribution in [1.29, 1.82) is 0 Å². The van der Waals surface area contributed by atoms with Gasteiger partial charge in [-0.15, -0.1) is 0 Å². The SMILES string of the molecule is CCC(C)C(/C=C\CCC(C)C)=C(/C)C(C)C. The summed E-state index contributed by atoms with van der Waals surface area (Å²) in [4.78, 5) is 0. The van der Waals surface area contributed by atoms with Gasteiger partial charge in [-0.1, -0.05) is 59.3 Å². The first kappa shape index (κ1) is 16.5. The van der Waals surface area contributed by atoms with Crippen LogP contribution in [0.5, 0.6) is 0 Å². The second-order valence-electron chi connectivity index (χ2n) is 5.98. The summed E-state index contributed by atoms with van der Waals surface area (Å²) in [6, 6.07) is 0. The van der Waals surface area contributed by atoms with Crippen LogP contribution >= 0.6 is 0 Å². The van der Waals surface area contributed by atoms with E-state index >= 15 is 0 Å². The molecule has 0 heteroatoms. The minimum Gasteiger partial charge on any atom is -0.0842 e. The molecule has 0 N–H and O–H groups in total. The zero-order chi connectivity index (χ0) is 13.4. The van der Waals surface area contributed by atoms with Gasteiger partial charge in [-0.2, -0.15) is 0 Å². The summed E-state index contributed by atoms with van der Waals surface area (Å²) in [5.41, 5.74) is 3.12. The van der Waals surface area contributed by atoms with Crippen molar-refractivity contribution >= 4 is 0 Å². The molecule has 0 rings (SSSR count). The van der Waals surface area contributed by atoms with Crippen LogP contribution in [0.1, 0.15) is 67.7 Å². The zero-order valence-electron chi connectivity index (χ0n) is 13.0. The van der Waals surface area contributed by atoms with E-state index in [1.54, 1.807) is 11.1 Å². The molecule has 1 atom stereocenters. The molecule has 0 fully saturated rings. The third kappa shape index (κ3) is 6.71. The molecule has 0 heterocycles. The van der Waals surface area contributed by atoms with Gasteiger partial charge in [0.1, 0.15) is 0 Å². The molecule has 0 aromatic rings. The van der Waals surface area contributed by atoms with E-state index in [0.717, 1.165) is 5.92 Å². The molecule has 0 amide bonds. The van der Waals surface area contributed by atoms with Crippen molar-refractivity contribution in [3.63, 3.8) is 0 Å². The van der Waals surface area contributed by atoms with E-state index in [-0.39, 0.29) is 0 Å². The van der Waals surface area contributed by atoms with Crippen molar-refractivity contribution in [2.75, 3.05) is 0 Å². The maximum Gasteiger partial charge on any atom is -0.0194 e. The summed E-state index contributed by atoms with van der Waals surface area (Å²) >= 11 is 0. The quantitative estimate of drug-likeness (QED) is 0.476. The lowest BCUT2D eigenvalue weighted by Crippen LogP contribution is -2.02. The highest BCUT2D eigenvalue weighted by atomic mass is 14.1. The Labute approximate surface area is 109 Å². The fraction of sp³-hybridized carbons (Fsp3) is 0.765. The van der Waals surface area contributed by atoms with Gasteiger partial charge < -0.3 is 0 Å². The molecule has 0 aromatic heterocycles. The van der Waals surface area contributed by atoms with Crippen molar-refractivity contribution in [3.8, 4) is 0 Å². The van der Waals surface area contributed by atoms with Crippen LogP contribution in [-0.4, -0.2) is 0 Å². The van der Waals surface area contributed by atoms with E-state index in [1.165, 1.54) is 19.3 Å². The number of hydrogen-bond acceptors (Lipinski definition) is 0. The predicted molar refractivity (Wildman–Crippen MR) is 80.2 cm³/mol. The molecule has 0 saturated carbocycles. The topological polar surface area (TPSA) is 0 Å². The number of rotatable bonds is 7. The fourth-order valence-corrected chi connectivity index (χ4v) is 1.88. The van der Waals surface area contributed by atoms with E-state index in [1.807, 2.05) is 0 Å². The normalized spacial score (nSPS) is 15.8. The molecule has 1 unspecified atom stereocenters. The molecule has 0 bridgehead atoms. The molecular formula is C17H32. The Morgan fingerprint density at radius 1 is 1.06 bits per heavy atom. The third-order valence-electron chi connectivity index (χ3n) is 3.67. The van der Waals surface area contributed by atoms with E-state index in [2.05, 4.69) is 60.6 Å². The Kier molecular flexibility index (Phi) is 8.29. The summed E-state index contributed by atoms with van der Waals surface area (Å²) in [6.07, 6.45) is 8.49. The second kappa shape index (κ2) is 8.55. The molecule has 0 aliphatic carbocycles. The second-order valence-corrected chi connectivity index (χ2v) is 5.98. The molecule has 0 aliphatic heterocycles. The third-order valence-corrected chi connectivity index (χ3v) is 3.67. The Hall–Kier alpha value is -0.520. The van der Waals surface area contributed by atoms with Crippen LogP contribution in [0.15, 0.2) is 23.3 Å². The lowest BCUT2D eigenvalue weighted by Gasteiger charge is -2.17. The van der Waals surface area contributed by atoms with Crippen molar-refractivity contribution in [3.05, 3.63) is 23.3 Å². The Morgan fingerprint density at radius 2 is 1.65 bits per heavy atom. The molecule has 0 aromatic carbocycles. The first-order chi connectivity index (χ1) is 7.90. The lowest BCUT2D eigenvalue weighted by molar-refractivity contribution is 0.593. The summed E-state index contributed by atoms with van der Waals surface area (Å²) in [5.74, 6) is 2.16. The highest BCUT2D eigenvalue weighted by Gasteiger charge is 2.09. The largest absolute Gasteiger partial charge is 0.0842 e. The summed E-state index contributed by atoms with van der Waals surface area (Å²) in [5, 5.41) is 0. The van der Waals surface area contributed by atoms with Crippen molar-refractivity contribution in [2.24, 2.45) is 17.8 Å². The Morgan fingerprint density at radius 3 is 2.06 bits per heavy atom. The average Bonchev–Trinajstić information content (AvgIpc) is 2.27. The van der Waals surface area contributed by atoms with Crippen LogP contribution in [0.25, 0.3) is 0 Å². The van der Waals surface area contributed by atoms with Crippen molar-refractivity contribution < 1.29 is 0 Å². The highest BCUT2D eigenvalue weighted by molar-refractivity contribution is 5.27. The van der Waals surface area contributed by atoms with E-state index in [4.69, 9.17) is 0 Å². The van der Waals surface area contributed by atoms with Gasteiger partial charge in [0.2, 0.25) is 0 Å². The molecular weight excluding hydrogens is 204 g/mol. The lowest BCUT2D eigenvalue weighted by atomic mass is 9.88. The molecule has 0 aliphatic rings. The Balaban J connectivity index is 4.67. The maximum absolute atomic E-state index is 2.38. The van der Waals surface area contributed by atoms with Crippen LogP contribution in [0.4, 0.5) is 0 Å². The predicted octanol–water partition coefficient (Wildman–Crippen LogP) is 6.00. The number of hydrogen-bond donors (Lipinski definition) is 0. The monoisotopic (exact) mass is 236 g/mol. The molecule has 0 spiro atoms. The van der Waals surface area contributed by atoms with Gasteiger partial charge in [0.05, 0.1) is 0 Å². The minimum absolute atomic E-state index is 0.661. The first-order valence-corrected chi connectivity index (χ1v) is 7.27. The van der Waals surface area contributed by atoms with Crippen LogP contribution in [0, 0.1) is 17.8 Å². The van der Waals surface area contributed by atoms with E-state index in [9.17, 15) is 0 Å². The maximum atomic E-state index is 2.38.